The summed E-state index contributed by atoms with van der Waals surface area (Å²) in [6.45, 7) is 6.20. The average Bonchev–Trinajstić information content (AvgIpc) is 2.77. The molecule has 1 unspecified atom stereocenters. The summed E-state index contributed by atoms with van der Waals surface area (Å²) < 4.78 is 6.47. The van der Waals surface area contributed by atoms with Gasteiger partial charge in [0.05, 0.1) is 12.7 Å². The zero-order valence-electron chi connectivity index (χ0n) is 17.8. The largest absolute Gasteiger partial charge is 0.378 e. The second-order valence-corrected chi connectivity index (χ2v) is 9.44. The summed E-state index contributed by atoms with van der Waals surface area (Å²) in [5, 5.41) is 0. The van der Waals surface area contributed by atoms with Gasteiger partial charge in [-0.25, -0.2) is 0 Å². The number of nitrogens with zero attached hydrogens (tertiary/aromatic N) is 1. The van der Waals surface area contributed by atoms with Crippen LogP contribution >= 0.6 is 0 Å². The first kappa shape index (κ1) is 20.6. The van der Waals surface area contributed by atoms with E-state index in [1.165, 1.54) is 36.8 Å². The fraction of sp³-hybridized carbons (Fsp3) is 0.538. The molecule has 1 saturated heterocycles. The summed E-state index contributed by atoms with van der Waals surface area (Å²) in [6.07, 6.45) is 6.24. The zero-order valence-corrected chi connectivity index (χ0v) is 17.8. The Bertz CT molecular complexity index is 742. The Morgan fingerprint density at radius 2 is 1.59 bits per heavy atom. The number of piperidine rings is 1. The van der Waals surface area contributed by atoms with Gasteiger partial charge in [0.2, 0.25) is 0 Å². The molecule has 3 heteroatoms. The highest BCUT2D eigenvalue weighted by atomic mass is 16.5. The Hall–Kier alpha value is -1.68. The molecule has 2 aromatic carbocycles. The van der Waals surface area contributed by atoms with Crippen LogP contribution in [-0.4, -0.2) is 36.7 Å². The van der Waals surface area contributed by atoms with Gasteiger partial charge in [0.25, 0.3) is 0 Å². The van der Waals surface area contributed by atoms with Crippen LogP contribution in [0.15, 0.2) is 60.7 Å². The van der Waals surface area contributed by atoms with Crippen molar-refractivity contribution in [3.8, 4) is 0 Å². The molecule has 2 fully saturated rings. The van der Waals surface area contributed by atoms with Gasteiger partial charge in [0, 0.05) is 31.1 Å². The van der Waals surface area contributed by atoms with Crippen LogP contribution in [-0.2, 0) is 11.3 Å². The first-order valence-corrected chi connectivity index (χ1v) is 11.3. The molecular formula is C26H36N2O. The minimum absolute atomic E-state index is 0.0311. The standard InChI is InChI=1S/C26H36N2O/c1-26(19-28(17-16-25(26)27)18-21-8-4-2-5-9-21)20-29-24-14-12-23(13-15-24)22-10-6-3-7-11-22/h2-11,23-25H,12-20,27H2,1H3/t23?,24?,25?,26-/m0/s1. The molecule has 156 valence electrons. The van der Waals surface area contributed by atoms with E-state index in [1.54, 1.807) is 0 Å². The fourth-order valence-corrected chi connectivity index (χ4v) is 5.10. The van der Waals surface area contributed by atoms with Gasteiger partial charge in [0.15, 0.2) is 0 Å². The molecule has 2 aliphatic rings. The molecule has 1 heterocycles. The third kappa shape index (κ3) is 5.28. The van der Waals surface area contributed by atoms with E-state index in [2.05, 4.69) is 72.5 Å². The molecule has 0 spiro atoms. The first-order chi connectivity index (χ1) is 14.1. The van der Waals surface area contributed by atoms with E-state index >= 15 is 0 Å². The molecule has 0 bridgehead atoms. The minimum atomic E-state index is 0.0311. The summed E-state index contributed by atoms with van der Waals surface area (Å²) in [7, 11) is 0. The van der Waals surface area contributed by atoms with E-state index < -0.39 is 0 Å². The van der Waals surface area contributed by atoms with Crippen LogP contribution in [0.1, 0.15) is 56.1 Å². The van der Waals surface area contributed by atoms with Crippen LogP contribution < -0.4 is 5.73 Å². The molecule has 0 aromatic heterocycles. The van der Waals surface area contributed by atoms with Gasteiger partial charge < -0.3 is 10.5 Å². The smallest absolute Gasteiger partial charge is 0.0575 e. The van der Waals surface area contributed by atoms with Crippen molar-refractivity contribution in [2.45, 2.75) is 63.6 Å². The third-order valence-corrected chi connectivity index (χ3v) is 7.08. The maximum Gasteiger partial charge on any atom is 0.0575 e. The zero-order chi connectivity index (χ0) is 20.1. The third-order valence-electron chi connectivity index (χ3n) is 7.08. The summed E-state index contributed by atoms with van der Waals surface area (Å²) >= 11 is 0. The molecular weight excluding hydrogens is 356 g/mol. The summed E-state index contributed by atoms with van der Waals surface area (Å²) in [5.74, 6) is 0.699. The molecule has 2 N–H and O–H groups in total. The van der Waals surface area contributed by atoms with Crippen LogP contribution in [0, 0.1) is 5.41 Å². The number of nitrogens with two attached hydrogens (primary N) is 1. The Kier molecular flexibility index (Phi) is 6.69. The minimum Gasteiger partial charge on any atom is -0.378 e. The predicted molar refractivity (Wildman–Crippen MR) is 120 cm³/mol. The van der Waals surface area contributed by atoms with Gasteiger partial charge in [-0.3, -0.25) is 4.90 Å². The van der Waals surface area contributed by atoms with Crippen LogP contribution in [0.3, 0.4) is 0 Å². The molecule has 2 atom stereocenters. The fourth-order valence-electron chi connectivity index (χ4n) is 5.10. The Labute approximate surface area is 176 Å². The molecule has 1 saturated carbocycles. The number of likely N-dealkylation sites (tertiary alicyclic amines) is 1. The van der Waals surface area contributed by atoms with Gasteiger partial charge in [-0.1, -0.05) is 67.6 Å². The molecule has 29 heavy (non-hydrogen) atoms. The summed E-state index contributed by atoms with van der Waals surface area (Å²) in [6, 6.07) is 21.9. The maximum atomic E-state index is 6.58. The number of rotatable bonds is 6. The van der Waals surface area contributed by atoms with E-state index in [-0.39, 0.29) is 11.5 Å². The first-order valence-electron chi connectivity index (χ1n) is 11.3. The van der Waals surface area contributed by atoms with Gasteiger partial charge in [-0.15, -0.1) is 0 Å². The molecule has 0 radical (unpaired) electrons. The number of benzene rings is 2. The summed E-state index contributed by atoms with van der Waals surface area (Å²) in [5.41, 5.74) is 9.48. The van der Waals surface area contributed by atoms with Crippen molar-refractivity contribution in [1.82, 2.24) is 4.90 Å². The second-order valence-electron chi connectivity index (χ2n) is 9.44. The Morgan fingerprint density at radius 3 is 2.28 bits per heavy atom. The number of ether oxygens (including phenoxy) is 1. The molecule has 2 aromatic rings. The lowest BCUT2D eigenvalue weighted by atomic mass is 9.78. The predicted octanol–water partition coefficient (Wildman–Crippen LogP) is 4.97. The highest BCUT2D eigenvalue weighted by Gasteiger charge is 2.38. The molecule has 0 amide bonds. The summed E-state index contributed by atoms with van der Waals surface area (Å²) in [4.78, 5) is 2.55. The lowest BCUT2D eigenvalue weighted by Gasteiger charge is -2.45. The highest BCUT2D eigenvalue weighted by Crippen LogP contribution is 2.36. The van der Waals surface area contributed by atoms with Gasteiger partial charge in [0.1, 0.15) is 0 Å². The monoisotopic (exact) mass is 392 g/mol. The van der Waals surface area contributed by atoms with E-state index in [0.29, 0.717) is 12.0 Å². The van der Waals surface area contributed by atoms with Crippen LogP contribution in [0.4, 0.5) is 0 Å². The number of hydrogen-bond donors (Lipinski definition) is 1. The van der Waals surface area contributed by atoms with Crippen molar-refractivity contribution in [3.05, 3.63) is 71.8 Å². The van der Waals surface area contributed by atoms with Crippen molar-refractivity contribution < 1.29 is 4.74 Å². The van der Waals surface area contributed by atoms with Gasteiger partial charge in [-0.05, 0) is 49.1 Å². The van der Waals surface area contributed by atoms with Gasteiger partial charge in [-0.2, -0.15) is 0 Å². The lowest BCUT2D eigenvalue weighted by molar-refractivity contribution is -0.0559. The topological polar surface area (TPSA) is 38.5 Å². The second kappa shape index (κ2) is 9.42. The Morgan fingerprint density at radius 1 is 0.931 bits per heavy atom. The van der Waals surface area contributed by atoms with Crippen molar-refractivity contribution in [1.29, 1.82) is 0 Å². The molecule has 3 nitrogen and oxygen atoms in total. The van der Waals surface area contributed by atoms with E-state index in [0.717, 1.165) is 32.7 Å². The van der Waals surface area contributed by atoms with Crippen molar-refractivity contribution in [2.75, 3.05) is 19.7 Å². The molecule has 4 rings (SSSR count). The van der Waals surface area contributed by atoms with E-state index in [1.807, 2.05) is 0 Å². The van der Waals surface area contributed by atoms with E-state index in [4.69, 9.17) is 10.5 Å². The molecule has 1 aliphatic carbocycles. The average molecular weight is 393 g/mol. The van der Waals surface area contributed by atoms with E-state index in [9.17, 15) is 0 Å². The molecule has 1 aliphatic heterocycles. The van der Waals surface area contributed by atoms with Crippen molar-refractivity contribution >= 4 is 0 Å². The lowest BCUT2D eigenvalue weighted by Crippen LogP contribution is -2.56. The van der Waals surface area contributed by atoms with Crippen molar-refractivity contribution in [2.24, 2.45) is 11.1 Å². The van der Waals surface area contributed by atoms with Gasteiger partial charge >= 0.3 is 0 Å². The van der Waals surface area contributed by atoms with Crippen LogP contribution in [0.5, 0.6) is 0 Å². The Balaban J connectivity index is 1.28. The van der Waals surface area contributed by atoms with Crippen molar-refractivity contribution in [3.63, 3.8) is 0 Å². The SMILES string of the molecule is C[C@@]1(COC2CCC(c3ccccc3)CC2)CN(Cc2ccccc2)CCC1N. The maximum absolute atomic E-state index is 6.58. The highest BCUT2D eigenvalue weighted by molar-refractivity contribution is 5.20. The normalized spacial score (nSPS) is 30.9. The van der Waals surface area contributed by atoms with Crippen LogP contribution in [0.25, 0.3) is 0 Å². The quantitative estimate of drug-likeness (QED) is 0.754. The number of hydrogen-bond acceptors (Lipinski definition) is 3. The van der Waals surface area contributed by atoms with Crippen LogP contribution in [0.2, 0.25) is 0 Å².